The SMILES string of the molecule is [Co].[H-].[Li+].[Ni+2].[O-2]. The van der Waals surface area contributed by atoms with Crippen molar-refractivity contribution in [2.24, 2.45) is 0 Å². The molecule has 0 fully saturated rings. The Morgan fingerprint density at radius 1 is 1.25 bits per heavy atom. The van der Waals surface area contributed by atoms with Crippen LogP contribution in [0.25, 0.3) is 0 Å². The Kier molecular flexibility index (Phi) is 283. The Hall–Kier alpha value is 1.56. The predicted molar refractivity (Wildman–Crippen MR) is 1.80 cm³/mol. The molecule has 0 bridgehead atoms. The molecule has 4 heteroatoms. The van der Waals surface area contributed by atoms with E-state index < -0.39 is 0 Å². The first kappa shape index (κ1) is 47.6. The third-order valence-electron chi connectivity index (χ3n) is 0. The summed E-state index contributed by atoms with van der Waals surface area (Å²) in [6, 6.07) is 0. The quantitative estimate of drug-likeness (QED) is 0.322. The molecule has 4 heavy (non-hydrogen) atoms. The molecule has 0 aromatic heterocycles. The van der Waals surface area contributed by atoms with Crippen molar-refractivity contribution in [2.75, 3.05) is 0 Å². The van der Waals surface area contributed by atoms with Crippen LogP contribution in [-0.4, -0.2) is 0 Å². The van der Waals surface area contributed by atoms with Gasteiger partial charge in [-0.1, -0.05) is 0 Å². The van der Waals surface area contributed by atoms with Gasteiger partial charge < -0.3 is 6.90 Å². The van der Waals surface area contributed by atoms with Crippen LogP contribution in [0.1, 0.15) is 1.43 Å². The van der Waals surface area contributed by atoms with E-state index in [1.54, 1.807) is 0 Å². The van der Waals surface area contributed by atoms with Crippen molar-refractivity contribution < 1.29 is 59.0 Å². The summed E-state index contributed by atoms with van der Waals surface area (Å²) < 4.78 is 0. The topological polar surface area (TPSA) is 28.5 Å². The number of hydrogen-bond acceptors (Lipinski definition) is 0. The normalized spacial score (nSPS) is 0. The summed E-state index contributed by atoms with van der Waals surface area (Å²) in [5.74, 6) is 0. The Bertz CT molecular complexity index is 11.6. The summed E-state index contributed by atoms with van der Waals surface area (Å²) in [6.07, 6.45) is 0. The minimum atomic E-state index is 0. The van der Waals surface area contributed by atoms with Gasteiger partial charge in [-0.3, -0.25) is 0 Å². The van der Waals surface area contributed by atoms with E-state index in [0.29, 0.717) is 0 Å². The number of rotatable bonds is 0. The van der Waals surface area contributed by atoms with Crippen molar-refractivity contribution in [3.8, 4) is 0 Å². The van der Waals surface area contributed by atoms with Crippen molar-refractivity contribution >= 4 is 0 Å². The van der Waals surface area contributed by atoms with E-state index in [1.165, 1.54) is 0 Å². The molecule has 0 N–H and O–H groups in total. The van der Waals surface area contributed by atoms with Crippen LogP contribution in [0, 0.1) is 0 Å². The van der Waals surface area contributed by atoms with Crippen LogP contribution in [0.4, 0.5) is 0 Å². The van der Waals surface area contributed by atoms with Gasteiger partial charge in [0.25, 0.3) is 0 Å². The number of hydrogen-bond donors (Lipinski definition) is 0. The van der Waals surface area contributed by atoms with Gasteiger partial charge in [0.1, 0.15) is 0 Å². The van der Waals surface area contributed by atoms with E-state index in [1.807, 2.05) is 0 Å². The minimum absolute atomic E-state index is 0. The first-order valence-electron chi connectivity index (χ1n) is 0. The van der Waals surface area contributed by atoms with E-state index >= 15 is 0 Å². The summed E-state index contributed by atoms with van der Waals surface area (Å²) in [5.41, 5.74) is 0. The fraction of sp³-hybridized carbons (Fsp3) is 0. The molecule has 0 aromatic rings. The monoisotopic (exact) mass is 141 g/mol. The third-order valence-corrected chi connectivity index (χ3v) is 0. The van der Waals surface area contributed by atoms with Gasteiger partial charge in [-0.05, 0) is 0 Å². The molecule has 0 amide bonds. The second-order valence-corrected chi connectivity index (χ2v) is 0. The summed E-state index contributed by atoms with van der Waals surface area (Å²) in [5, 5.41) is 0. The molecule has 0 aliphatic heterocycles. The zero-order chi connectivity index (χ0) is 0. The molecule has 27 valence electrons. The van der Waals surface area contributed by atoms with Crippen LogP contribution in [0.5, 0.6) is 0 Å². The molecule has 1 nitrogen and oxygen atoms in total. The Morgan fingerprint density at radius 2 is 1.25 bits per heavy atom. The van der Waals surface area contributed by atoms with Gasteiger partial charge in [0, 0.05) is 16.8 Å². The third kappa shape index (κ3) is 9.59. The average Bonchev–Trinajstić information content (AvgIpc) is 0. The molecule has 0 aliphatic rings. The van der Waals surface area contributed by atoms with Crippen LogP contribution >= 0.6 is 0 Å². The second-order valence-electron chi connectivity index (χ2n) is 0. The van der Waals surface area contributed by atoms with E-state index in [0.717, 1.165) is 0 Å². The zero-order valence-corrected chi connectivity index (χ0v) is 4.09. The van der Waals surface area contributed by atoms with Gasteiger partial charge in [0.2, 0.25) is 0 Å². The predicted octanol–water partition coefficient (Wildman–Crippen LogP) is -3.01. The smallest absolute Gasteiger partial charge is 2.00 e. The van der Waals surface area contributed by atoms with Crippen LogP contribution in [0.3, 0.4) is 0 Å². The van der Waals surface area contributed by atoms with Crippen molar-refractivity contribution in [3.63, 3.8) is 0 Å². The molecule has 0 heterocycles. The largest absolute Gasteiger partial charge is 2.00 e. The van der Waals surface area contributed by atoms with Crippen molar-refractivity contribution in [2.45, 2.75) is 0 Å². The molecule has 0 spiro atoms. The maximum absolute atomic E-state index is 0. The summed E-state index contributed by atoms with van der Waals surface area (Å²) in [6.45, 7) is 0. The molecular formula is HCoLiNiO. The molecule has 0 aromatic carbocycles. The van der Waals surface area contributed by atoms with Gasteiger partial charge in [-0.15, -0.1) is 0 Å². The van der Waals surface area contributed by atoms with Crippen LogP contribution in [-0.2, 0) is 38.7 Å². The molecule has 0 saturated carbocycles. The Morgan fingerprint density at radius 3 is 1.25 bits per heavy atom. The Labute approximate surface area is 59.0 Å². The first-order chi connectivity index (χ1) is 0. The van der Waals surface area contributed by atoms with Crippen LogP contribution in [0.2, 0.25) is 0 Å². The molecule has 0 saturated heterocycles. The minimum Gasteiger partial charge on any atom is -2.00 e. The van der Waals surface area contributed by atoms with Crippen LogP contribution < -0.4 is 18.9 Å². The van der Waals surface area contributed by atoms with Gasteiger partial charge in [-0.2, -0.15) is 0 Å². The van der Waals surface area contributed by atoms with Crippen molar-refractivity contribution in [1.29, 1.82) is 0 Å². The van der Waals surface area contributed by atoms with Crippen LogP contribution in [0.15, 0.2) is 0 Å². The van der Waals surface area contributed by atoms with Crippen molar-refractivity contribution in [3.05, 3.63) is 0 Å². The molecule has 0 aliphatic carbocycles. The second kappa shape index (κ2) is 23.8. The molecular weight excluding hydrogens is 141 g/mol. The fourth-order valence-electron chi connectivity index (χ4n) is 0. The molecule has 0 atom stereocenters. The average molecular weight is 142 g/mol. The molecule has 1 radical (unpaired) electrons. The van der Waals surface area contributed by atoms with Gasteiger partial charge in [0.15, 0.2) is 0 Å². The molecule has 0 rings (SSSR count). The van der Waals surface area contributed by atoms with Crippen molar-refractivity contribution in [1.82, 2.24) is 0 Å². The van der Waals surface area contributed by atoms with E-state index in [2.05, 4.69) is 0 Å². The zero-order valence-electron chi connectivity index (χ0n) is 3.06. The standard InChI is InChI=1S/Co.Li.Ni.O.H/q;+1;+2;-2;-1. The summed E-state index contributed by atoms with van der Waals surface area (Å²) >= 11 is 0. The van der Waals surface area contributed by atoms with E-state index in [4.69, 9.17) is 0 Å². The maximum atomic E-state index is 0. The summed E-state index contributed by atoms with van der Waals surface area (Å²) in [4.78, 5) is 0. The Balaban J connectivity index is 0. The maximum Gasteiger partial charge on any atom is 2.00 e. The fourth-order valence-corrected chi connectivity index (χ4v) is 0. The van der Waals surface area contributed by atoms with E-state index in [-0.39, 0.29) is 59.0 Å². The van der Waals surface area contributed by atoms with Gasteiger partial charge in [0.05, 0.1) is 0 Å². The van der Waals surface area contributed by atoms with Gasteiger partial charge in [-0.25, -0.2) is 0 Å². The van der Waals surface area contributed by atoms with E-state index in [9.17, 15) is 0 Å². The summed E-state index contributed by atoms with van der Waals surface area (Å²) in [7, 11) is 0. The molecule has 0 unspecified atom stereocenters. The first-order valence-corrected chi connectivity index (χ1v) is 0. The van der Waals surface area contributed by atoms with Gasteiger partial charge >= 0.3 is 35.4 Å².